The van der Waals surface area contributed by atoms with E-state index in [-0.39, 0.29) is 12.4 Å². The van der Waals surface area contributed by atoms with Gasteiger partial charge in [-0.3, -0.25) is 0 Å². The summed E-state index contributed by atoms with van der Waals surface area (Å²) in [5.74, 6) is 1.62. The number of halogens is 1. The summed E-state index contributed by atoms with van der Waals surface area (Å²) in [6.07, 6.45) is 5.19. The van der Waals surface area contributed by atoms with Gasteiger partial charge in [0.1, 0.15) is 24.5 Å². The highest BCUT2D eigenvalue weighted by atomic mass is 79.9. The second-order valence-corrected chi connectivity index (χ2v) is 9.00. The highest BCUT2D eigenvalue weighted by Crippen LogP contribution is 2.36. The van der Waals surface area contributed by atoms with Crippen LogP contribution in [0.5, 0.6) is 17.2 Å². The summed E-state index contributed by atoms with van der Waals surface area (Å²) in [5.41, 5.74) is 2.40. The van der Waals surface area contributed by atoms with E-state index in [1.807, 2.05) is 48.5 Å². The van der Waals surface area contributed by atoms with E-state index in [9.17, 15) is 5.11 Å². The number of aliphatic hydroxyl groups excluding tert-OH is 1. The topological polar surface area (TPSA) is 96.7 Å². The van der Waals surface area contributed by atoms with Crippen LogP contribution >= 0.6 is 15.9 Å². The molecule has 0 aliphatic rings. The summed E-state index contributed by atoms with van der Waals surface area (Å²) in [5, 5.41) is 23.5. The Kier molecular flexibility index (Phi) is 8.75. The Bertz CT molecular complexity index is 1250. The number of hydrogen-bond donors (Lipinski definition) is 3. The normalized spacial score (nSPS) is 10.9. The molecule has 0 saturated heterocycles. The Morgan fingerprint density at radius 3 is 2.51 bits per heavy atom. The number of aliphatic hydroxyl groups is 1. The lowest BCUT2D eigenvalue weighted by atomic mass is 10.2. The molecule has 1 heterocycles. The monoisotopic (exact) mass is 537 g/mol. The number of aromatic hydroxyl groups is 1. The van der Waals surface area contributed by atoms with Crippen LogP contribution in [-0.2, 0) is 6.61 Å². The molecule has 0 saturated carbocycles. The third-order valence-electron chi connectivity index (χ3n) is 5.46. The van der Waals surface area contributed by atoms with Gasteiger partial charge >= 0.3 is 0 Å². The lowest BCUT2D eigenvalue weighted by molar-refractivity contribution is 0.274. The molecular weight excluding hydrogens is 510 g/mol. The average Bonchev–Trinajstić information content (AvgIpc) is 2.87. The fraction of sp³-hybridized carbons (Fsp3) is 0.259. The van der Waals surface area contributed by atoms with Crippen molar-refractivity contribution in [2.45, 2.75) is 32.3 Å². The second kappa shape index (κ2) is 12.4. The van der Waals surface area contributed by atoms with Gasteiger partial charge in [0.2, 0.25) is 0 Å². The number of fused-ring (bicyclic) bond motifs is 1. The quantitative estimate of drug-likeness (QED) is 0.181. The maximum atomic E-state index is 10.6. The zero-order chi connectivity index (χ0) is 24.5. The molecule has 7 nitrogen and oxygen atoms in total. The van der Waals surface area contributed by atoms with E-state index >= 15 is 0 Å². The molecule has 4 aromatic rings. The van der Waals surface area contributed by atoms with Gasteiger partial charge in [-0.25, -0.2) is 9.97 Å². The lowest BCUT2D eigenvalue weighted by Gasteiger charge is -2.15. The third-order valence-corrected chi connectivity index (χ3v) is 5.95. The van der Waals surface area contributed by atoms with Gasteiger partial charge in [0, 0.05) is 22.5 Å². The van der Waals surface area contributed by atoms with E-state index in [0.29, 0.717) is 41.4 Å². The van der Waals surface area contributed by atoms with Crippen LogP contribution in [0.15, 0.2) is 71.5 Å². The molecule has 0 aliphatic carbocycles. The van der Waals surface area contributed by atoms with Gasteiger partial charge in [0.25, 0.3) is 0 Å². The molecule has 0 unspecified atom stereocenters. The highest BCUT2D eigenvalue weighted by Gasteiger charge is 2.13. The van der Waals surface area contributed by atoms with Crippen molar-refractivity contribution < 1.29 is 19.7 Å². The van der Waals surface area contributed by atoms with Gasteiger partial charge in [0.05, 0.1) is 17.8 Å². The van der Waals surface area contributed by atoms with Crippen molar-refractivity contribution in [1.29, 1.82) is 0 Å². The minimum atomic E-state index is 0.0138. The average molecular weight is 538 g/mol. The van der Waals surface area contributed by atoms with Gasteiger partial charge in [0.15, 0.2) is 11.5 Å². The molecule has 3 aromatic carbocycles. The zero-order valence-corrected chi connectivity index (χ0v) is 20.9. The molecule has 0 aliphatic heterocycles. The van der Waals surface area contributed by atoms with Crippen molar-refractivity contribution in [3.05, 3.63) is 77.0 Å². The molecule has 0 spiro atoms. The number of rotatable bonds is 12. The van der Waals surface area contributed by atoms with Crippen LogP contribution in [0.3, 0.4) is 0 Å². The SMILES string of the molecule is OCCCCCCOc1ccc(Br)cc1Nc1ncnc2cc(OCc3ccccc3)c(O)cc12. The van der Waals surface area contributed by atoms with Crippen molar-refractivity contribution in [3.8, 4) is 17.2 Å². The Labute approximate surface area is 212 Å². The maximum Gasteiger partial charge on any atom is 0.163 e. The second-order valence-electron chi connectivity index (χ2n) is 8.09. The number of aromatic nitrogens is 2. The minimum Gasteiger partial charge on any atom is -0.504 e. The number of unbranched alkanes of at least 4 members (excludes halogenated alkanes) is 3. The van der Waals surface area contributed by atoms with Crippen LogP contribution in [0.25, 0.3) is 10.9 Å². The minimum absolute atomic E-state index is 0.0138. The predicted molar refractivity (Wildman–Crippen MR) is 140 cm³/mol. The Morgan fingerprint density at radius 2 is 1.69 bits per heavy atom. The van der Waals surface area contributed by atoms with Crippen LogP contribution in [-0.4, -0.2) is 33.4 Å². The van der Waals surface area contributed by atoms with Crippen LogP contribution in [0.1, 0.15) is 31.2 Å². The number of benzene rings is 3. The van der Waals surface area contributed by atoms with Crippen LogP contribution in [0.4, 0.5) is 11.5 Å². The first-order chi connectivity index (χ1) is 17.1. The van der Waals surface area contributed by atoms with Crippen molar-refractivity contribution in [3.63, 3.8) is 0 Å². The van der Waals surface area contributed by atoms with Gasteiger partial charge in [-0.05, 0) is 49.1 Å². The molecule has 0 atom stereocenters. The number of ether oxygens (including phenoxy) is 2. The van der Waals surface area contributed by atoms with E-state index in [1.54, 1.807) is 12.1 Å². The first-order valence-electron chi connectivity index (χ1n) is 11.6. The summed E-state index contributed by atoms with van der Waals surface area (Å²) >= 11 is 3.52. The molecule has 35 heavy (non-hydrogen) atoms. The smallest absolute Gasteiger partial charge is 0.163 e. The summed E-state index contributed by atoms with van der Waals surface area (Å²) in [6.45, 7) is 1.15. The predicted octanol–water partition coefficient (Wildman–Crippen LogP) is 6.35. The first kappa shape index (κ1) is 24.8. The number of hydrogen-bond acceptors (Lipinski definition) is 7. The number of phenolic OH excluding ortho intramolecular Hbond substituents is 1. The number of nitrogens with one attached hydrogen (secondary N) is 1. The molecule has 1 aromatic heterocycles. The fourth-order valence-corrected chi connectivity index (χ4v) is 3.99. The summed E-state index contributed by atoms with van der Waals surface area (Å²) in [6, 6.07) is 18.8. The molecule has 0 fully saturated rings. The molecule has 4 rings (SSSR count). The Balaban J connectivity index is 1.51. The number of anilines is 2. The van der Waals surface area contributed by atoms with Gasteiger partial charge < -0.3 is 25.0 Å². The van der Waals surface area contributed by atoms with Gasteiger partial charge in [-0.1, -0.05) is 52.7 Å². The largest absolute Gasteiger partial charge is 0.504 e. The first-order valence-corrected chi connectivity index (χ1v) is 12.4. The molecule has 0 radical (unpaired) electrons. The summed E-state index contributed by atoms with van der Waals surface area (Å²) in [7, 11) is 0. The van der Waals surface area contributed by atoms with E-state index in [2.05, 4.69) is 31.2 Å². The summed E-state index contributed by atoms with van der Waals surface area (Å²) in [4.78, 5) is 8.76. The molecule has 8 heteroatoms. The van der Waals surface area contributed by atoms with Crippen LogP contribution < -0.4 is 14.8 Å². The Hall–Kier alpha value is -3.36. The van der Waals surface area contributed by atoms with Crippen molar-refractivity contribution in [2.24, 2.45) is 0 Å². The van der Waals surface area contributed by atoms with Crippen LogP contribution in [0.2, 0.25) is 0 Å². The van der Waals surface area contributed by atoms with E-state index in [4.69, 9.17) is 14.6 Å². The molecule has 0 bridgehead atoms. The van der Waals surface area contributed by atoms with Gasteiger partial charge in [-0.15, -0.1) is 0 Å². The lowest BCUT2D eigenvalue weighted by Crippen LogP contribution is -2.03. The highest BCUT2D eigenvalue weighted by molar-refractivity contribution is 9.10. The van der Waals surface area contributed by atoms with Gasteiger partial charge in [-0.2, -0.15) is 0 Å². The zero-order valence-electron chi connectivity index (χ0n) is 19.3. The standard InChI is InChI=1S/C27H28BrN3O4/c28-20-10-11-25(34-13-7-2-1-6-12-32)23(14-20)31-27-21-15-24(33)26(16-22(21)29-18-30-27)35-17-19-8-4-3-5-9-19/h3-5,8-11,14-16,18,32-33H,1-2,6-7,12-13,17H2,(H,29,30,31). The molecule has 0 amide bonds. The fourth-order valence-electron chi connectivity index (χ4n) is 3.63. The van der Waals surface area contributed by atoms with Crippen molar-refractivity contribution in [1.82, 2.24) is 9.97 Å². The van der Waals surface area contributed by atoms with E-state index in [1.165, 1.54) is 6.33 Å². The third kappa shape index (κ3) is 6.83. The number of nitrogens with zero attached hydrogens (tertiary/aromatic N) is 2. The summed E-state index contributed by atoms with van der Waals surface area (Å²) < 4.78 is 12.7. The van der Waals surface area contributed by atoms with E-state index < -0.39 is 0 Å². The molecular formula is C27H28BrN3O4. The van der Waals surface area contributed by atoms with Crippen molar-refractivity contribution in [2.75, 3.05) is 18.5 Å². The number of phenols is 1. The maximum absolute atomic E-state index is 10.6. The van der Waals surface area contributed by atoms with Crippen molar-refractivity contribution >= 4 is 38.3 Å². The Morgan fingerprint density at radius 1 is 0.857 bits per heavy atom. The van der Waals surface area contributed by atoms with E-state index in [0.717, 1.165) is 41.4 Å². The molecule has 182 valence electrons. The molecule has 3 N–H and O–H groups in total. The van der Waals surface area contributed by atoms with Crippen LogP contribution in [0, 0.1) is 0 Å².